The number of ether oxygens (including phenoxy) is 1. The van der Waals surface area contributed by atoms with Gasteiger partial charge < -0.3 is 9.84 Å². The number of hydrogen-bond acceptors (Lipinski definition) is 3. The SMILES string of the molecule is COc1ccc(Cl)c(Cl)c1[C@@H]1CCN(C(=O)O)[C@H](C(C)=O)C1. The van der Waals surface area contributed by atoms with Crippen LogP contribution < -0.4 is 4.74 Å². The van der Waals surface area contributed by atoms with E-state index < -0.39 is 12.1 Å². The third kappa shape index (κ3) is 3.15. The lowest BCUT2D eigenvalue weighted by Gasteiger charge is -2.37. The van der Waals surface area contributed by atoms with Crippen molar-refractivity contribution in [1.29, 1.82) is 0 Å². The minimum atomic E-state index is -1.08. The number of Topliss-reactive ketones (excluding diaryl/α,β-unsaturated/α-hetero) is 1. The number of amides is 1. The predicted molar refractivity (Wildman–Crippen MR) is 84.2 cm³/mol. The number of piperidine rings is 1. The normalized spacial score (nSPS) is 21.5. The number of hydrogen-bond donors (Lipinski definition) is 1. The summed E-state index contributed by atoms with van der Waals surface area (Å²) in [5.41, 5.74) is 0.743. The summed E-state index contributed by atoms with van der Waals surface area (Å²) < 4.78 is 5.35. The summed E-state index contributed by atoms with van der Waals surface area (Å²) in [6, 6.07) is 2.72. The van der Waals surface area contributed by atoms with Crippen molar-refractivity contribution in [3.63, 3.8) is 0 Å². The maximum Gasteiger partial charge on any atom is 0.407 e. The molecule has 1 amide bonds. The zero-order valence-electron chi connectivity index (χ0n) is 12.3. The first kappa shape index (κ1) is 16.9. The van der Waals surface area contributed by atoms with Gasteiger partial charge in [0.1, 0.15) is 5.75 Å². The second kappa shape index (κ2) is 6.75. The zero-order chi connectivity index (χ0) is 16.4. The highest BCUT2D eigenvalue weighted by molar-refractivity contribution is 6.42. The van der Waals surface area contributed by atoms with Crippen molar-refractivity contribution < 1.29 is 19.4 Å². The van der Waals surface area contributed by atoms with Crippen LogP contribution in [-0.4, -0.2) is 41.6 Å². The molecular weight excluding hydrogens is 329 g/mol. The van der Waals surface area contributed by atoms with Crippen molar-refractivity contribution in [1.82, 2.24) is 4.90 Å². The maximum absolute atomic E-state index is 11.8. The van der Waals surface area contributed by atoms with E-state index in [9.17, 15) is 14.7 Å². The molecule has 1 saturated heterocycles. The number of nitrogens with zero attached hydrogens (tertiary/aromatic N) is 1. The van der Waals surface area contributed by atoms with Gasteiger partial charge in [-0.05, 0) is 37.8 Å². The van der Waals surface area contributed by atoms with E-state index in [0.29, 0.717) is 28.6 Å². The molecule has 0 bridgehead atoms. The van der Waals surface area contributed by atoms with Crippen LogP contribution in [-0.2, 0) is 4.79 Å². The second-order valence-corrected chi connectivity index (χ2v) is 6.09. The minimum absolute atomic E-state index is 0.0781. The Kier molecular flexibility index (Phi) is 5.19. The first-order valence-electron chi connectivity index (χ1n) is 6.88. The monoisotopic (exact) mass is 345 g/mol. The Balaban J connectivity index is 2.37. The largest absolute Gasteiger partial charge is 0.496 e. The van der Waals surface area contributed by atoms with Crippen molar-refractivity contribution in [2.24, 2.45) is 0 Å². The van der Waals surface area contributed by atoms with Gasteiger partial charge in [0, 0.05) is 12.1 Å². The minimum Gasteiger partial charge on any atom is -0.496 e. The molecule has 0 aliphatic carbocycles. The van der Waals surface area contributed by atoms with E-state index in [1.165, 1.54) is 18.9 Å². The van der Waals surface area contributed by atoms with Gasteiger partial charge in [-0.1, -0.05) is 23.2 Å². The van der Waals surface area contributed by atoms with Gasteiger partial charge in [0.05, 0.1) is 23.2 Å². The van der Waals surface area contributed by atoms with E-state index in [-0.39, 0.29) is 18.2 Å². The van der Waals surface area contributed by atoms with E-state index in [1.54, 1.807) is 12.1 Å². The van der Waals surface area contributed by atoms with Crippen molar-refractivity contribution in [3.05, 3.63) is 27.7 Å². The van der Waals surface area contributed by atoms with Gasteiger partial charge in [0.2, 0.25) is 0 Å². The van der Waals surface area contributed by atoms with Gasteiger partial charge >= 0.3 is 6.09 Å². The van der Waals surface area contributed by atoms with E-state index in [4.69, 9.17) is 27.9 Å². The van der Waals surface area contributed by atoms with E-state index in [0.717, 1.165) is 5.56 Å². The summed E-state index contributed by atoms with van der Waals surface area (Å²) in [7, 11) is 1.54. The molecule has 0 unspecified atom stereocenters. The molecule has 0 spiro atoms. The van der Waals surface area contributed by atoms with Crippen LogP contribution in [0.3, 0.4) is 0 Å². The highest BCUT2D eigenvalue weighted by Crippen LogP contribution is 2.43. The number of ketones is 1. The van der Waals surface area contributed by atoms with Crippen molar-refractivity contribution in [2.75, 3.05) is 13.7 Å². The Morgan fingerprint density at radius 1 is 1.36 bits per heavy atom. The molecule has 120 valence electrons. The lowest BCUT2D eigenvalue weighted by molar-refractivity contribution is -0.122. The Hall–Kier alpha value is -1.46. The summed E-state index contributed by atoms with van der Waals surface area (Å²) in [4.78, 5) is 24.2. The molecule has 2 atom stereocenters. The third-order valence-corrected chi connectivity index (χ3v) is 4.86. The van der Waals surface area contributed by atoms with Crippen LogP contribution in [0.5, 0.6) is 5.75 Å². The van der Waals surface area contributed by atoms with Gasteiger partial charge in [0.25, 0.3) is 0 Å². The molecule has 0 aromatic heterocycles. The topological polar surface area (TPSA) is 66.8 Å². The zero-order valence-corrected chi connectivity index (χ0v) is 13.8. The Bertz CT molecular complexity index is 605. The fourth-order valence-electron chi connectivity index (χ4n) is 2.95. The highest BCUT2D eigenvalue weighted by atomic mass is 35.5. The second-order valence-electron chi connectivity index (χ2n) is 5.30. The first-order valence-corrected chi connectivity index (χ1v) is 7.64. The molecule has 7 heteroatoms. The summed E-state index contributed by atoms with van der Waals surface area (Å²) in [5, 5.41) is 10.0. The molecule has 1 N–H and O–H groups in total. The number of carbonyl (C=O) groups excluding carboxylic acids is 1. The number of halogens is 2. The molecule has 1 aliphatic heterocycles. The van der Waals surface area contributed by atoms with Crippen molar-refractivity contribution in [3.8, 4) is 5.75 Å². The van der Waals surface area contributed by atoms with Gasteiger partial charge in [-0.15, -0.1) is 0 Å². The lowest BCUT2D eigenvalue weighted by Crippen LogP contribution is -2.48. The van der Waals surface area contributed by atoms with Gasteiger partial charge in [0.15, 0.2) is 5.78 Å². The molecule has 0 radical (unpaired) electrons. The number of methoxy groups -OCH3 is 1. The van der Waals surface area contributed by atoms with E-state index in [2.05, 4.69) is 0 Å². The molecule has 2 rings (SSSR count). The van der Waals surface area contributed by atoms with Crippen LogP contribution in [0.2, 0.25) is 10.0 Å². The fraction of sp³-hybridized carbons (Fsp3) is 0.467. The maximum atomic E-state index is 11.8. The Morgan fingerprint density at radius 2 is 2.05 bits per heavy atom. The van der Waals surface area contributed by atoms with Gasteiger partial charge in [-0.3, -0.25) is 9.69 Å². The van der Waals surface area contributed by atoms with Crippen LogP contribution in [0.4, 0.5) is 4.79 Å². The number of carboxylic acid groups (broad SMARTS) is 1. The van der Waals surface area contributed by atoms with E-state index >= 15 is 0 Å². The van der Waals surface area contributed by atoms with Gasteiger partial charge in [-0.25, -0.2) is 4.79 Å². The smallest absolute Gasteiger partial charge is 0.407 e. The molecule has 1 heterocycles. The average Bonchev–Trinajstić information content (AvgIpc) is 2.49. The number of benzene rings is 1. The van der Waals surface area contributed by atoms with Crippen LogP contribution in [0.25, 0.3) is 0 Å². The Labute approximate surface area is 138 Å². The van der Waals surface area contributed by atoms with Crippen molar-refractivity contribution in [2.45, 2.75) is 31.7 Å². The third-order valence-electron chi connectivity index (χ3n) is 4.04. The van der Waals surface area contributed by atoms with Crippen LogP contribution in [0, 0.1) is 0 Å². The fourth-order valence-corrected chi connectivity index (χ4v) is 3.42. The van der Waals surface area contributed by atoms with Crippen LogP contribution >= 0.6 is 23.2 Å². The molecule has 1 aliphatic rings. The average molecular weight is 346 g/mol. The lowest BCUT2D eigenvalue weighted by atomic mass is 9.83. The van der Waals surface area contributed by atoms with Crippen LogP contribution in [0.1, 0.15) is 31.2 Å². The number of likely N-dealkylation sites (tertiary alicyclic amines) is 1. The molecule has 1 fully saturated rings. The molecule has 1 aromatic rings. The summed E-state index contributed by atoms with van der Waals surface area (Å²) in [6.45, 7) is 1.68. The first-order chi connectivity index (χ1) is 10.4. The predicted octanol–water partition coefficient (Wildman–Crippen LogP) is 3.82. The highest BCUT2D eigenvalue weighted by Gasteiger charge is 2.36. The molecular formula is C15H17Cl2NO4. The quantitative estimate of drug-likeness (QED) is 0.904. The summed E-state index contributed by atoms with van der Waals surface area (Å²) in [6.07, 6.45) is -0.146. The molecule has 1 aromatic carbocycles. The summed E-state index contributed by atoms with van der Waals surface area (Å²) >= 11 is 12.4. The number of rotatable bonds is 3. The van der Waals surface area contributed by atoms with Crippen LogP contribution in [0.15, 0.2) is 12.1 Å². The summed E-state index contributed by atoms with van der Waals surface area (Å²) in [5.74, 6) is 0.348. The van der Waals surface area contributed by atoms with Gasteiger partial charge in [-0.2, -0.15) is 0 Å². The Morgan fingerprint density at radius 3 is 2.59 bits per heavy atom. The molecule has 22 heavy (non-hydrogen) atoms. The number of carbonyl (C=O) groups is 2. The standard InChI is InChI=1S/C15H17Cl2NO4/c1-8(19)11-7-9(5-6-18(11)15(20)21)13-12(22-2)4-3-10(16)14(13)17/h3-4,9,11H,5-7H2,1-2H3,(H,20,21)/t9-,11+/m1/s1. The molecule has 0 saturated carbocycles. The molecule has 5 nitrogen and oxygen atoms in total. The van der Waals surface area contributed by atoms with E-state index in [1.807, 2.05) is 0 Å². The van der Waals surface area contributed by atoms with Crippen molar-refractivity contribution >= 4 is 35.1 Å².